The second-order valence-corrected chi connectivity index (χ2v) is 9.35. The number of halogens is 1. The van der Waals surface area contributed by atoms with Crippen molar-refractivity contribution in [2.75, 3.05) is 4.90 Å². The molecule has 0 aliphatic carbocycles. The van der Waals surface area contributed by atoms with Gasteiger partial charge in [0, 0.05) is 29.4 Å². The number of rotatable bonds is 8. The van der Waals surface area contributed by atoms with E-state index in [4.69, 9.17) is 11.6 Å². The molecule has 0 aliphatic heterocycles. The molecule has 0 aliphatic rings. The summed E-state index contributed by atoms with van der Waals surface area (Å²) in [6.45, 7) is 5.24. The molecule has 1 heterocycles. The van der Waals surface area contributed by atoms with E-state index < -0.39 is 12.0 Å². The van der Waals surface area contributed by atoms with Crippen molar-refractivity contribution in [3.63, 3.8) is 0 Å². The second-order valence-electron chi connectivity index (χ2n) is 7.85. The third kappa shape index (κ3) is 5.27. The minimum Gasteiger partial charge on any atom is -0.480 e. The predicted molar refractivity (Wildman–Crippen MR) is 138 cm³/mol. The van der Waals surface area contributed by atoms with Crippen LogP contribution < -0.4 is 9.47 Å². The molecule has 0 amide bonds. The number of anilines is 1. The molecule has 0 saturated carbocycles. The van der Waals surface area contributed by atoms with Gasteiger partial charge in [-0.3, -0.25) is 0 Å². The van der Waals surface area contributed by atoms with Crippen molar-refractivity contribution < 1.29 is 14.5 Å². The van der Waals surface area contributed by atoms with Crippen molar-refractivity contribution in [3.05, 3.63) is 94.0 Å². The summed E-state index contributed by atoms with van der Waals surface area (Å²) in [4.78, 5) is 13.6. The van der Waals surface area contributed by atoms with Crippen LogP contribution in [0.4, 0.5) is 5.69 Å². The molecule has 1 N–H and O–H groups in total. The predicted octanol–water partition coefficient (Wildman–Crippen LogP) is 6.51. The SMILES string of the molecule is CC[n+]1c(C=Cc2ccc(N(Cc3ccccc3)C(C)C(=O)O)cc2)sc2ccc(Cl)cc21. The third-order valence-electron chi connectivity index (χ3n) is 5.67. The lowest BCUT2D eigenvalue weighted by Crippen LogP contribution is -2.38. The maximum Gasteiger partial charge on any atom is 0.326 e. The zero-order valence-electron chi connectivity index (χ0n) is 18.6. The first kappa shape index (κ1) is 23.0. The summed E-state index contributed by atoms with van der Waals surface area (Å²) in [6.07, 6.45) is 4.21. The number of aliphatic carboxylic acids is 1. The fourth-order valence-corrected chi connectivity index (χ4v) is 5.11. The fraction of sp³-hybridized carbons (Fsp3) is 0.185. The van der Waals surface area contributed by atoms with E-state index in [1.165, 1.54) is 4.70 Å². The largest absolute Gasteiger partial charge is 0.480 e. The van der Waals surface area contributed by atoms with E-state index in [9.17, 15) is 9.90 Å². The topological polar surface area (TPSA) is 44.4 Å². The van der Waals surface area contributed by atoms with Gasteiger partial charge in [-0.2, -0.15) is 4.57 Å². The Morgan fingerprint density at radius 3 is 2.48 bits per heavy atom. The van der Waals surface area contributed by atoms with Crippen LogP contribution in [0.25, 0.3) is 22.4 Å². The number of carboxylic acids is 1. The van der Waals surface area contributed by atoms with Gasteiger partial charge in [-0.1, -0.05) is 65.4 Å². The van der Waals surface area contributed by atoms with Gasteiger partial charge in [0.05, 0.1) is 0 Å². The zero-order valence-corrected chi connectivity index (χ0v) is 20.2. The highest BCUT2D eigenvalue weighted by Crippen LogP contribution is 2.26. The van der Waals surface area contributed by atoms with Crippen molar-refractivity contribution >= 4 is 57.0 Å². The van der Waals surface area contributed by atoms with E-state index in [2.05, 4.69) is 29.7 Å². The van der Waals surface area contributed by atoms with Gasteiger partial charge < -0.3 is 10.0 Å². The monoisotopic (exact) mass is 477 g/mol. The van der Waals surface area contributed by atoms with Crippen molar-refractivity contribution in [1.29, 1.82) is 0 Å². The van der Waals surface area contributed by atoms with Crippen molar-refractivity contribution in [2.24, 2.45) is 0 Å². The van der Waals surface area contributed by atoms with E-state index in [1.807, 2.05) is 71.6 Å². The van der Waals surface area contributed by atoms with Crippen LogP contribution in [0, 0.1) is 0 Å². The summed E-state index contributed by atoms with van der Waals surface area (Å²) in [5.74, 6) is -0.844. The van der Waals surface area contributed by atoms with Gasteiger partial charge in [0.2, 0.25) is 5.52 Å². The minimum atomic E-state index is -0.844. The number of carboxylic acid groups (broad SMARTS) is 1. The highest BCUT2D eigenvalue weighted by atomic mass is 35.5. The van der Waals surface area contributed by atoms with Crippen molar-refractivity contribution in [3.8, 4) is 0 Å². The van der Waals surface area contributed by atoms with Gasteiger partial charge in [0.1, 0.15) is 17.3 Å². The van der Waals surface area contributed by atoms with E-state index in [0.29, 0.717) is 6.54 Å². The number of fused-ring (bicyclic) bond motifs is 1. The Labute approximate surface area is 203 Å². The molecule has 4 rings (SSSR count). The van der Waals surface area contributed by atoms with Crippen LogP contribution in [0.5, 0.6) is 0 Å². The first-order valence-electron chi connectivity index (χ1n) is 10.9. The lowest BCUT2D eigenvalue weighted by atomic mass is 10.1. The highest BCUT2D eigenvalue weighted by Gasteiger charge is 2.21. The summed E-state index contributed by atoms with van der Waals surface area (Å²) in [7, 11) is 0. The van der Waals surface area contributed by atoms with Gasteiger partial charge >= 0.3 is 5.97 Å². The molecule has 1 aromatic heterocycles. The molecule has 0 radical (unpaired) electrons. The number of benzene rings is 3. The molecule has 4 aromatic rings. The summed E-state index contributed by atoms with van der Waals surface area (Å²) < 4.78 is 3.46. The Balaban J connectivity index is 1.58. The molecule has 0 saturated heterocycles. The normalized spacial score (nSPS) is 12.3. The van der Waals surface area contributed by atoms with Crippen LogP contribution in [0.3, 0.4) is 0 Å². The molecule has 4 nitrogen and oxygen atoms in total. The average molecular weight is 478 g/mol. The van der Waals surface area contributed by atoms with Gasteiger partial charge in [-0.05, 0) is 55.3 Å². The third-order valence-corrected chi connectivity index (χ3v) is 7.04. The molecular formula is C27H26ClN2O2S+. The van der Waals surface area contributed by atoms with Gasteiger partial charge in [-0.25, -0.2) is 4.79 Å². The first-order valence-corrected chi connectivity index (χ1v) is 12.1. The fourth-order valence-electron chi connectivity index (χ4n) is 3.83. The number of aromatic nitrogens is 1. The molecule has 1 atom stereocenters. The Kier molecular flexibility index (Phi) is 7.11. The quantitative estimate of drug-likeness (QED) is 0.294. The van der Waals surface area contributed by atoms with Crippen LogP contribution >= 0.6 is 22.9 Å². The first-order chi connectivity index (χ1) is 16.0. The molecule has 0 spiro atoms. The molecular weight excluding hydrogens is 452 g/mol. The molecule has 1 unspecified atom stereocenters. The van der Waals surface area contributed by atoms with Crippen molar-refractivity contribution in [2.45, 2.75) is 33.0 Å². The molecule has 6 heteroatoms. The number of carbonyl (C=O) groups is 1. The Morgan fingerprint density at radius 2 is 1.82 bits per heavy atom. The highest BCUT2D eigenvalue weighted by molar-refractivity contribution is 7.18. The summed E-state index contributed by atoms with van der Waals surface area (Å²) >= 11 is 7.93. The van der Waals surface area contributed by atoms with E-state index in [0.717, 1.165) is 38.9 Å². The molecule has 168 valence electrons. The standard InChI is InChI=1S/C27H25ClN2O2S/c1-3-29-24-17-22(28)12-15-25(24)33-26(29)16-11-20-9-13-23(14-10-20)30(19(2)27(31)32)18-21-7-5-4-6-8-21/h4-17,19H,3,18H2,1-2H3/p+1. The molecule has 0 fully saturated rings. The van der Waals surface area contributed by atoms with Crippen LogP contribution in [0.2, 0.25) is 5.02 Å². The van der Waals surface area contributed by atoms with Crippen LogP contribution in [-0.4, -0.2) is 17.1 Å². The lowest BCUT2D eigenvalue weighted by Gasteiger charge is -2.29. The average Bonchev–Trinajstić information content (AvgIpc) is 3.18. The Hall–Kier alpha value is -3.15. The summed E-state index contributed by atoms with van der Waals surface area (Å²) in [5.41, 5.74) is 4.15. The summed E-state index contributed by atoms with van der Waals surface area (Å²) in [5, 5.41) is 11.5. The second kappa shape index (κ2) is 10.2. The number of thiazole rings is 1. The summed E-state index contributed by atoms with van der Waals surface area (Å²) in [6, 6.07) is 23.3. The molecule has 33 heavy (non-hydrogen) atoms. The maximum atomic E-state index is 11.7. The van der Waals surface area contributed by atoms with Crippen LogP contribution in [-0.2, 0) is 17.9 Å². The number of hydrogen-bond donors (Lipinski definition) is 1. The van der Waals surface area contributed by atoms with E-state index in [1.54, 1.807) is 18.3 Å². The molecule has 0 bridgehead atoms. The van der Waals surface area contributed by atoms with E-state index in [-0.39, 0.29) is 0 Å². The molecule has 3 aromatic carbocycles. The van der Waals surface area contributed by atoms with Gasteiger partial charge in [-0.15, -0.1) is 0 Å². The van der Waals surface area contributed by atoms with Gasteiger partial charge in [0.25, 0.3) is 5.01 Å². The number of hydrogen-bond acceptors (Lipinski definition) is 3. The minimum absolute atomic E-state index is 0.532. The van der Waals surface area contributed by atoms with Crippen LogP contribution in [0.1, 0.15) is 30.0 Å². The maximum absolute atomic E-state index is 11.7. The Bertz CT molecular complexity index is 1280. The number of aryl methyl sites for hydroxylation is 1. The smallest absolute Gasteiger partial charge is 0.326 e. The van der Waals surface area contributed by atoms with Crippen molar-refractivity contribution in [1.82, 2.24) is 0 Å². The number of nitrogens with zero attached hydrogens (tertiary/aromatic N) is 2. The lowest BCUT2D eigenvalue weighted by molar-refractivity contribution is -0.665. The van der Waals surface area contributed by atoms with Gasteiger partial charge in [0.15, 0.2) is 0 Å². The van der Waals surface area contributed by atoms with Crippen LogP contribution in [0.15, 0.2) is 72.8 Å². The Morgan fingerprint density at radius 1 is 1.09 bits per heavy atom. The zero-order chi connectivity index (χ0) is 23.4. The van der Waals surface area contributed by atoms with E-state index >= 15 is 0 Å².